The molecule has 2 N–H and O–H groups in total. The van der Waals surface area contributed by atoms with E-state index in [1.807, 2.05) is 48.5 Å². The number of ketones is 1. The van der Waals surface area contributed by atoms with E-state index in [1.165, 1.54) is 0 Å². The molecule has 1 saturated heterocycles. The number of carbonyl (C=O) groups is 2. The number of hydrogen-bond acceptors (Lipinski definition) is 4. The van der Waals surface area contributed by atoms with Gasteiger partial charge < -0.3 is 10.2 Å². The Hall–Kier alpha value is -3.28. The van der Waals surface area contributed by atoms with E-state index < -0.39 is 17.0 Å². The first-order chi connectivity index (χ1) is 19.0. The molecule has 1 heterocycles. The van der Waals surface area contributed by atoms with Crippen molar-refractivity contribution in [3.63, 3.8) is 0 Å². The molecule has 0 aromatic heterocycles. The van der Waals surface area contributed by atoms with Crippen molar-refractivity contribution in [2.75, 3.05) is 13.1 Å². The van der Waals surface area contributed by atoms with Gasteiger partial charge in [-0.25, -0.2) is 0 Å². The highest BCUT2D eigenvalue weighted by molar-refractivity contribution is 5.81. The summed E-state index contributed by atoms with van der Waals surface area (Å²) >= 11 is 0. The van der Waals surface area contributed by atoms with Crippen molar-refractivity contribution in [1.82, 2.24) is 4.90 Å². The number of piperidine rings is 1. The molecule has 4 rings (SSSR count). The van der Waals surface area contributed by atoms with Gasteiger partial charge >= 0.3 is 5.97 Å². The molecule has 0 bridgehead atoms. The van der Waals surface area contributed by atoms with Crippen LogP contribution in [-0.4, -0.2) is 46.0 Å². The van der Waals surface area contributed by atoms with Crippen LogP contribution >= 0.6 is 0 Å². The van der Waals surface area contributed by atoms with E-state index in [4.69, 9.17) is 0 Å². The van der Waals surface area contributed by atoms with Gasteiger partial charge in [-0.2, -0.15) is 0 Å². The lowest BCUT2D eigenvalue weighted by Gasteiger charge is -2.46. The first-order valence-electron chi connectivity index (χ1n) is 14.5. The molecule has 5 heteroatoms. The molecule has 0 saturated carbocycles. The number of aliphatic carboxylic acids is 1. The second-order valence-corrected chi connectivity index (χ2v) is 12.0. The predicted molar refractivity (Wildman–Crippen MR) is 160 cm³/mol. The molecule has 1 unspecified atom stereocenters. The average molecular weight is 542 g/mol. The van der Waals surface area contributed by atoms with Crippen molar-refractivity contribution < 1.29 is 19.8 Å². The fourth-order valence-corrected chi connectivity index (χ4v) is 5.86. The van der Waals surface area contributed by atoms with Gasteiger partial charge in [0, 0.05) is 18.9 Å². The molecule has 0 spiro atoms. The number of aryl methyl sites for hydroxylation is 2. The zero-order valence-corrected chi connectivity index (χ0v) is 24.3. The van der Waals surface area contributed by atoms with Gasteiger partial charge in [0.2, 0.25) is 0 Å². The van der Waals surface area contributed by atoms with Crippen LogP contribution in [0.2, 0.25) is 0 Å². The van der Waals surface area contributed by atoms with E-state index in [-0.39, 0.29) is 11.8 Å². The molecule has 212 valence electrons. The quantitative estimate of drug-likeness (QED) is 0.296. The summed E-state index contributed by atoms with van der Waals surface area (Å²) in [7, 11) is 0. The third kappa shape index (κ3) is 6.54. The van der Waals surface area contributed by atoms with Crippen molar-refractivity contribution in [1.29, 1.82) is 0 Å². The summed E-state index contributed by atoms with van der Waals surface area (Å²) in [6.07, 6.45) is 4.59. The maximum absolute atomic E-state index is 12.9. The number of nitrogens with zero attached hydrogens (tertiary/aromatic N) is 1. The lowest BCUT2D eigenvalue weighted by Crippen LogP contribution is -2.54. The SMILES string of the molecule is Cc1ccc(C(O)(c2ccc(C)cc2)C2CCCCN2CCCC(=O)Cc2ccc(C(C)(C)C(=O)O)cc2)cc1. The zero-order valence-electron chi connectivity index (χ0n) is 24.3. The van der Waals surface area contributed by atoms with Crippen LogP contribution in [-0.2, 0) is 27.0 Å². The maximum atomic E-state index is 12.9. The first-order valence-corrected chi connectivity index (χ1v) is 14.5. The lowest BCUT2D eigenvalue weighted by molar-refractivity contribution is -0.142. The van der Waals surface area contributed by atoms with Crippen LogP contribution in [0.15, 0.2) is 72.8 Å². The monoisotopic (exact) mass is 541 g/mol. The number of rotatable bonds is 11. The highest BCUT2D eigenvalue weighted by Gasteiger charge is 2.44. The molecule has 0 radical (unpaired) electrons. The number of aliphatic hydroxyl groups is 1. The van der Waals surface area contributed by atoms with Gasteiger partial charge in [0.1, 0.15) is 11.4 Å². The maximum Gasteiger partial charge on any atom is 0.313 e. The molecule has 1 atom stereocenters. The minimum absolute atomic E-state index is 0.0769. The van der Waals surface area contributed by atoms with Crippen LogP contribution in [0.1, 0.15) is 79.3 Å². The van der Waals surface area contributed by atoms with E-state index in [1.54, 1.807) is 13.8 Å². The van der Waals surface area contributed by atoms with Crippen LogP contribution in [0.5, 0.6) is 0 Å². The molecule has 1 aliphatic rings. The van der Waals surface area contributed by atoms with Gasteiger partial charge in [0.05, 0.1) is 5.41 Å². The summed E-state index contributed by atoms with van der Waals surface area (Å²) in [5.74, 6) is -0.699. The fraction of sp³-hybridized carbons (Fsp3) is 0.429. The number of Topliss-reactive ketones (excluding diaryl/α,β-unsaturated/α-hetero) is 1. The first kappa shape index (κ1) is 29.7. The van der Waals surface area contributed by atoms with Gasteiger partial charge in [-0.05, 0) is 82.3 Å². The van der Waals surface area contributed by atoms with Crippen molar-refractivity contribution in [2.45, 2.75) is 83.3 Å². The third-order valence-electron chi connectivity index (χ3n) is 8.59. The van der Waals surface area contributed by atoms with Crippen LogP contribution in [0.4, 0.5) is 0 Å². The molecule has 40 heavy (non-hydrogen) atoms. The van der Waals surface area contributed by atoms with E-state index in [0.717, 1.165) is 72.2 Å². The van der Waals surface area contributed by atoms with Gasteiger partial charge in [0.15, 0.2) is 0 Å². The molecule has 5 nitrogen and oxygen atoms in total. The van der Waals surface area contributed by atoms with Crippen molar-refractivity contribution in [3.8, 4) is 0 Å². The third-order valence-corrected chi connectivity index (χ3v) is 8.59. The highest BCUT2D eigenvalue weighted by Crippen LogP contribution is 2.40. The number of benzene rings is 3. The van der Waals surface area contributed by atoms with Crippen LogP contribution in [0.25, 0.3) is 0 Å². The van der Waals surface area contributed by atoms with Crippen molar-refractivity contribution >= 4 is 11.8 Å². The van der Waals surface area contributed by atoms with E-state index >= 15 is 0 Å². The van der Waals surface area contributed by atoms with Crippen LogP contribution < -0.4 is 0 Å². The number of likely N-dealkylation sites (tertiary alicyclic amines) is 1. The minimum atomic E-state index is -1.14. The summed E-state index contributed by atoms with van der Waals surface area (Å²) in [6, 6.07) is 23.7. The summed E-state index contributed by atoms with van der Waals surface area (Å²) < 4.78 is 0. The predicted octanol–water partition coefficient (Wildman–Crippen LogP) is 6.35. The smallest absolute Gasteiger partial charge is 0.313 e. The molecule has 1 aliphatic heterocycles. The molecular weight excluding hydrogens is 498 g/mol. The van der Waals surface area contributed by atoms with E-state index in [9.17, 15) is 19.8 Å². The lowest BCUT2D eigenvalue weighted by atomic mass is 9.75. The Morgan fingerprint density at radius 1 is 0.825 bits per heavy atom. The Labute approximate surface area is 238 Å². The summed E-state index contributed by atoms with van der Waals surface area (Å²) in [4.78, 5) is 26.8. The van der Waals surface area contributed by atoms with Crippen LogP contribution in [0.3, 0.4) is 0 Å². The molecular formula is C35H43NO4. The van der Waals surface area contributed by atoms with E-state index in [2.05, 4.69) is 43.0 Å². The second-order valence-electron chi connectivity index (χ2n) is 12.0. The molecule has 0 amide bonds. The van der Waals surface area contributed by atoms with Crippen molar-refractivity contribution in [3.05, 3.63) is 106 Å². The van der Waals surface area contributed by atoms with Gasteiger partial charge in [-0.1, -0.05) is 90.3 Å². The Bertz CT molecular complexity index is 1250. The fourth-order valence-electron chi connectivity index (χ4n) is 5.86. The standard InChI is InChI=1S/C35H43NO4/c1-25-10-16-29(17-11-25)35(40,30-18-12-26(2)13-19-30)32-9-5-6-22-36(32)23-7-8-31(37)24-27-14-20-28(21-15-27)34(3,4)33(38)39/h10-21,32,40H,5-9,22-24H2,1-4H3,(H,38,39). The van der Waals surface area contributed by atoms with Crippen LogP contribution in [0, 0.1) is 13.8 Å². The molecule has 1 fully saturated rings. The average Bonchev–Trinajstić information content (AvgIpc) is 2.94. The largest absolute Gasteiger partial charge is 0.481 e. The Kier molecular flexibility index (Phi) is 9.27. The Morgan fingerprint density at radius 2 is 1.35 bits per heavy atom. The summed E-state index contributed by atoms with van der Waals surface area (Å²) in [5.41, 5.74) is 3.66. The second kappa shape index (κ2) is 12.5. The number of carboxylic acids is 1. The Morgan fingerprint density at radius 3 is 1.88 bits per heavy atom. The normalized spacial score (nSPS) is 16.6. The minimum Gasteiger partial charge on any atom is -0.481 e. The molecule has 0 aliphatic carbocycles. The zero-order chi connectivity index (χ0) is 28.9. The highest BCUT2D eigenvalue weighted by atomic mass is 16.4. The number of carbonyl (C=O) groups excluding carboxylic acids is 1. The Balaban J connectivity index is 1.44. The molecule has 3 aromatic carbocycles. The van der Waals surface area contributed by atoms with E-state index in [0.29, 0.717) is 12.8 Å². The summed E-state index contributed by atoms with van der Waals surface area (Å²) in [6.45, 7) is 9.14. The van der Waals surface area contributed by atoms with Gasteiger partial charge in [-0.3, -0.25) is 14.5 Å². The topological polar surface area (TPSA) is 77.8 Å². The number of carboxylic acid groups (broad SMARTS) is 1. The number of hydrogen-bond donors (Lipinski definition) is 2. The van der Waals surface area contributed by atoms with Gasteiger partial charge in [-0.15, -0.1) is 0 Å². The molecule has 3 aromatic rings. The summed E-state index contributed by atoms with van der Waals surface area (Å²) in [5, 5.41) is 22.0. The van der Waals surface area contributed by atoms with Gasteiger partial charge in [0.25, 0.3) is 0 Å². The van der Waals surface area contributed by atoms with Crippen molar-refractivity contribution in [2.24, 2.45) is 0 Å².